The summed E-state index contributed by atoms with van der Waals surface area (Å²) in [4.78, 5) is 11.7. The molecule has 0 saturated carbocycles. The van der Waals surface area contributed by atoms with Gasteiger partial charge in [-0.15, -0.1) is 0 Å². The van der Waals surface area contributed by atoms with Gasteiger partial charge in [0, 0.05) is 17.1 Å². The van der Waals surface area contributed by atoms with Gasteiger partial charge < -0.3 is 5.32 Å². The lowest BCUT2D eigenvalue weighted by Crippen LogP contribution is -2.17. The molecule has 0 aliphatic carbocycles. The lowest BCUT2D eigenvalue weighted by Gasteiger charge is -2.08. The first-order valence-electron chi connectivity index (χ1n) is 5.70. The molecule has 0 radical (unpaired) electrons. The van der Waals surface area contributed by atoms with Crippen LogP contribution in [0.4, 0.5) is 5.69 Å². The first-order chi connectivity index (χ1) is 8.44. The van der Waals surface area contributed by atoms with Crippen molar-refractivity contribution in [3.05, 3.63) is 29.3 Å². The van der Waals surface area contributed by atoms with Crippen molar-refractivity contribution >= 4 is 33.0 Å². The molecule has 0 aromatic heterocycles. The predicted molar refractivity (Wildman–Crippen MR) is 71.5 cm³/mol. The zero-order chi connectivity index (χ0) is 13.2. The molecule has 1 aliphatic rings. The van der Waals surface area contributed by atoms with Gasteiger partial charge in [-0.3, -0.25) is 4.79 Å². The Morgan fingerprint density at radius 1 is 1.44 bits per heavy atom. The number of carbonyl (C=O) groups is 1. The van der Waals surface area contributed by atoms with Gasteiger partial charge in [0.1, 0.15) is 0 Å². The Morgan fingerprint density at radius 3 is 2.83 bits per heavy atom. The highest BCUT2D eigenvalue weighted by atomic mass is 35.5. The second-order valence-corrected chi connectivity index (χ2v) is 7.20. The van der Waals surface area contributed by atoms with Gasteiger partial charge in [-0.2, -0.15) is 0 Å². The van der Waals surface area contributed by atoms with Gasteiger partial charge in [0.2, 0.25) is 5.91 Å². The molecule has 1 N–H and O–H groups in total. The monoisotopic (exact) mass is 287 g/mol. The molecule has 98 valence electrons. The van der Waals surface area contributed by atoms with E-state index in [4.69, 9.17) is 11.6 Å². The number of carbonyl (C=O) groups excluding carboxylic acids is 1. The van der Waals surface area contributed by atoms with Gasteiger partial charge in [-0.1, -0.05) is 17.7 Å². The maximum Gasteiger partial charge on any atom is 0.224 e. The van der Waals surface area contributed by atoms with E-state index in [1.807, 2.05) is 0 Å². The molecule has 1 aromatic carbocycles. The van der Waals surface area contributed by atoms with E-state index >= 15 is 0 Å². The van der Waals surface area contributed by atoms with Crippen LogP contribution < -0.4 is 5.32 Å². The van der Waals surface area contributed by atoms with Crippen molar-refractivity contribution < 1.29 is 13.2 Å². The highest BCUT2D eigenvalue weighted by Gasteiger charge is 2.29. The quantitative estimate of drug-likeness (QED) is 0.926. The molecule has 1 fully saturated rings. The molecule has 0 unspecified atom stereocenters. The smallest absolute Gasteiger partial charge is 0.224 e. The summed E-state index contributed by atoms with van der Waals surface area (Å²) in [6, 6.07) is 6.87. The van der Waals surface area contributed by atoms with Crippen molar-refractivity contribution in [2.45, 2.75) is 12.8 Å². The fourth-order valence-corrected chi connectivity index (χ4v) is 4.13. The van der Waals surface area contributed by atoms with Gasteiger partial charge in [-0.05, 0) is 30.5 Å². The van der Waals surface area contributed by atoms with E-state index in [0.29, 0.717) is 17.1 Å². The number of benzene rings is 1. The van der Waals surface area contributed by atoms with E-state index < -0.39 is 9.84 Å². The molecular formula is C12H14ClNO3S. The second-order valence-electron chi connectivity index (χ2n) is 4.53. The minimum Gasteiger partial charge on any atom is -0.326 e. The Hall–Kier alpha value is -1.07. The third kappa shape index (κ3) is 3.71. The summed E-state index contributed by atoms with van der Waals surface area (Å²) in [5.41, 5.74) is 0.633. The fourth-order valence-electron chi connectivity index (χ4n) is 2.07. The fraction of sp³-hybridized carbons (Fsp3) is 0.417. The van der Waals surface area contributed by atoms with Gasteiger partial charge >= 0.3 is 0 Å². The number of hydrogen-bond acceptors (Lipinski definition) is 3. The van der Waals surface area contributed by atoms with Crippen LogP contribution in [0.5, 0.6) is 0 Å². The van der Waals surface area contributed by atoms with Crippen molar-refractivity contribution in [2.75, 3.05) is 16.8 Å². The summed E-state index contributed by atoms with van der Waals surface area (Å²) in [6.07, 6.45) is 0.817. The van der Waals surface area contributed by atoms with Crippen LogP contribution in [-0.2, 0) is 14.6 Å². The summed E-state index contributed by atoms with van der Waals surface area (Å²) in [5, 5.41) is 3.27. The molecule has 1 aliphatic heterocycles. The van der Waals surface area contributed by atoms with Crippen LogP contribution in [0.3, 0.4) is 0 Å². The Kier molecular flexibility index (Phi) is 3.92. The predicted octanol–water partition coefficient (Wildman–Crippen LogP) is 2.10. The molecule has 1 aromatic rings. The summed E-state index contributed by atoms with van der Waals surface area (Å²) < 4.78 is 22.6. The third-order valence-electron chi connectivity index (χ3n) is 2.91. The normalized spacial score (nSPS) is 21.7. The molecule has 18 heavy (non-hydrogen) atoms. The van der Waals surface area contributed by atoms with Crippen LogP contribution in [0.2, 0.25) is 5.02 Å². The molecule has 1 heterocycles. The first kappa shape index (κ1) is 13.4. The lowest BCUT2D eigenvalue weighted by atomic mass is 10.1. The molecular weight excluding hydrogens is 274 g/mol. The summed E-state index contributed by atoms with van der Waals surface area (Å²) >= 11 is 5.81. The van der Waals surface area contributed by atoms with Gasteiger partial charge in [0.25, 0.3) is 0 Å². The standard InChI is InChI=1S/C12H14ClNO3S/c13-10-2-1-3-11(7-10)14-12(15)6-9-4-5-18(16,17)8-9/h1-3,7,9H,4-6,8H2,(H,14,15)/t9-/m0/s1. The Labute approximate surface area is 111 Å². The highest BCUT2D eigenvalue weighted by Crippen LogP contribution is 2.22. The van der Waals surface area contributed by atoms with Crippen LogP contribution in [0.1, 0.15) is 12.8 Å². The maximum absolute atomic E-state index is 11.7. The molecule has 0 bridgehead atoms. The van der Waals surface area contributed by atoms with Crippen LogP contribution in [0.25, 0.3) is 0 Å². The van der Waals surface area contributed by atoms with Crippen LogP contribution in [-0.4, -0.2) is 25.8 Å². The lowest BCUT2D eigenvalue weighted by molar-refractivity contribution is -0.116. The summed E-state index contributed by atoms with van der Waals surface area (Å²) in [5.74, 6) is 0.0893. The van der Waals surface area contributed by atoms with Crippen molar-refractivity contribution in [3.63, 3.8) is 0 Å². The number of sulfone groups is 1. The van der Waals surface area contributed by atoms with Crippen molar-refractivity contribution in [1.82, 2.24) is 0 Å². The Bertz CT molecular complexity index is 556. The van der Waals surface area contributed by atoms with E-state index in [0.717, 1.165) is 0 Å². The molecule has 1 atom stereocenters. The average molecular weight is 288 g/mol. The van der Waals surface area contributed by atoms with Crippen molar-refractivity contribution in [2.24, 2.45) is 5.92 Å². The highest BCUT2D eigenvalue weighted by molar-refractivity contribution is 7.91. The zero-order valence-electron chi connectivity index (χ0n) is 9.73. The number of rotatable bonds is 3. The summed E-state index contributed by atoms with van der Waals surface area (Å²) in [6.45, 7) is 0. The van der Waals surface area contributed by atoms with E-state index in [1.54, 1.807) is 24.3 Å². The molecule has 1 amide bonds. The molecule has 1 saturated heterocycles. The van der Waals surface area contributed by atoms with Gasteiger partial charge in [0.05, 0.1) is 11.5 Å². The van der Waals surface area contributed by atoms with Crippen molar-refractivity contribution in [1.29, 1.82) is 0 Å². The van der Waals surface area contributed by atoms with Crippen LogP contribution in [0.15, 0.2) is 24.3 Å². The van der Waals surface area contributed by atoms with Crippen LogP contribution >= 0.6 is 11.6 Å². The number of hydrogen-bond donors (Lipinski definition) is 1. The topological polar surface area (TPSA) is 63.2 Å². The Balaban J connectivity index is 1.90. The van der Waals surface area contributed by atoms with Gasteiger partial charge in [0.15, 0.2) is 9.84 Å². The van der Waals surface area contributed by atoms with E-state index in [1.165, 1.54) is 0 Å². The van der Waals surface area contributed by atoms with Gasteiger partial charge in [-0.25, -0.2) is 8.42 Å². The zero-order valence-corrected chi connectivity index (χ0v) is 11.3. The number of amides is 1. The van der Waals surface area contributed by atoms with E-state index in [9.17, 15) is 13.2 Å². The van der Waals surface area contributed by atoms with E-state index in [2.05, 4.69) is 5.32 Å². The largest absolute Gasteiger partial charge is 0.326 e. The maximum atomic E-state index is 11.7. The number of anilines is 1. The minimum atomic E-state index is -2.92. The molecule has 6 heteroatoms. The molecule has 4 nitrogen and oxygen atoms in total. The van der Waals surface area contributed by atoms with Crippen LogP contribution in [0, 0.1) is 5.92 Å². The third-order valence-corrected chi connectivity index (χ3v) is 4.98. The molecule has 0 spiro atoms. The second kappa shape index (κ2) is 5.28. The number of nitrogens with one attached hydrogen (secondary N) is 1. The van der Waals surface area contributed by atoms with Crippen molar-refractivity contribution in [3.8, 4) is 0 Å². The Morgan fingerprint density at radius 2 is 2.22 bits per heavy atom. The SMILES string of the molecule is O=C(C[C@@H]1CCS(=O)(=O)C1)Nc1cccc(Cl)c1. The minimum absolute atomic E-state index is 0.0609. The number of halogens is 1. The van der Waals surface area contributed by atoms with E-state index in [-0.39, 0.29) is 29.8 Å². The summed E-state index contributed by atoms with van der Waals surface area (Å²) in [7, 11) is -2.92. The first-order valence-corrected chi connectivity index (χ1v) is 7.90. The molecule has 2 rings (SSSR count). The average Bonchev–Trinajstić information content (AvgIpc) is 2.57.